The molecule has 1 saturated heterocycles. The molecule has 1 unspecified atom stereocenters. The van der Waals surface area contributed by atoms with Crippen LogP contribution in [0, 0.1) is 0 Å². The van der Waals surface area contributed by atoms with E-state index in [1.165, 1.54) is 45.4 Å². The Hall–Kier alpha value is -0.340. The predicted octanol–water partition coefficient (Wildman–Crippen LogP) is 2.37. The quantitative estimate of drug-likeness (QED) is 0.613. The molecule has 2 aliphatic heterocycles. The third-order valence-corrected chi connectivity index (χ3v) is 3.21. The normalized spacial score (nSPS) is 28.3. The number of rotatable bonds is 1. The Morgan fingerprint density at radius 2 is 1.93 bits per heavy atom. The van der Waals surface area contributed by atoms with Crippen LogP contribution in [-0.4, -0.2) is 49.1 Å². The van der Waals surface area contributed by atoms with Crippen LogP contribution in [0.2, 0.25) is 0 Å². The zero-order valence-corrected chi connectivity index (χ0v) is 10.6. The predicted molar refractivity (Wildman–Crippen MR) is 67.2 cm³/mol. The number of hydrogen-bond acceptors (Lipinski definition) is 2. The number of likely N-dealkylation sites (tertiary alicyclic amines) is 1. The average Bonchev–Trinajstić information content (AvgIpc) is 2.33. The van der Waals surface area contributed by atoms with Gasteiger partial charge in [0.25, 0.3) is 0 Å². The highest BCUT2D eigenvalue weighted by Gasteiger charge is 2.22. The van der Waals surface area contributed by atoms with Crippen molar-refractivity contribution in [1.29, 1.82) is 0 Å². The second-order valence-electron chi connectivity index (χ2n) is 4.31. The van der Waals surface area contributed by atoms with Crippen molar-refractivity contribution in [2.75, 3.05) is 33.2 Å². The molecule has 0 aliphatic carbocycles. The van der Waals surface area contributed by atoms with Crippen LogP contribution in [-0.2, 0) is 0 Å². The van der Waals surface area contributed by atoms with Gasteiger partial charge in [-0.1, -0.05) is 26.0 Å². The van der Waals surface area contributed by atoms with Crippen LogP contribution in [0.4, 0.5) is 0 Å². The first kappa shape index (κ1) is 12.7. The van der Waals surface area contributed by atoms with Crippen LogP contribution in [0.25, 0.3) is 0 Å². The van der Waals surface area contributed by atoms with E-state index in [1.807, 2.05) is 13.8 Å². The maximum atomic E-state index is 2.63. The van der Waals surface area contributed by atoms with Gasteiger partial charge in [0.15, 0.2) is 0 Å². The lowest BCUT2D eigenvalue weighted by Crippen LogP contribution is -2.47. The molecule has 0 radical (unpaired) electrons. The fourth-order valence-corrected chi connectivity index (χ4v) is 2.43. The lowest BCUT2D eigenvalue weighted by atomic mass is 10.0. The Balaban J connectivity index is 0.000000531. The summed E-state index contributed by atoms with van der Waals surface area (Å²) in [5, 5.41) is 0. The summed E-state index contributed by atoms with van der Waals surface area (Å²) in [5.74, 6) is 0. The van der Waals surface area contributed by atoms with Gasteiger partial charge in [-0.25, -0.2) is 0 Å². The molecule has 0 aromatic carbocycles. The molecule has 0 N–H and O–H groups in total. The first-order valence-electron chi connectivity index (χ1n) is 6.44. The maximum absolute atomic E-state index is 2.63. The highest BCUT2D eigenvalue weighted by atomic mass is 15.2. The molecule has 0 amide bonds. The zero-order chi connectivity index (χ0) is 11.1. The summed E-state index contributed by atoms with van der Waals surface area (Å²) in [6, 6.07) is 0.823. The van der Waals surface area contributed by atoms with E-state index in [9.17, 15) is 0 Å². The van der Waals surface area contributed by atoms with Crippen molar-refractivity contribution in [1.82, 2.24) is 9.80 Å². The average molecular weight is 210 g/mol. The largest absolute Gasteiger partial charge is 0.305 e. The third kappa shape index (κ3) is 3.96. The summed E-state index contributed by atoms with van der Waals surface area (Å²) < 4.78 is 0. The Labute approximate surface area is 94.9 Å². The monoisotopic (exact) mass is 210 g/mol. The van der Waals surface area contributed by atoms with Crippen molar-refractivity contribution < 1.29 is 0 Å². The first-order valence-corrected chi connectivity index (χ1v) is 6.44. The summed E-state index contributed by atoms with van der Waals surface area (Å²) in [7, 11) is 2.24. The van der Waals surface area contributed by atoms with Crippen molar-refractivity contribution in [2.24, 2.45) is 0 Å². The van der Waals surface area contributed by atoms with Crippen molar-refractivity contribution in [3.8, 4) is 0 Å². The van der Waals surface area contributed by atoms with Crippen LogP contribution in [0.15, 0.2) is 12.2 Å². The number of piperidine rings is 1. The molecule has 88 valence electrons. The van der Waals surface area contributed by atoms with E-state index in [1.54, 1.807) is 0 Å². The molecule has 2 aliphatic rings. The molecule has 0 spiro atoms. The summed E-state index contributed by atoms with van der Waals surface area (Å²) in [5.41, 5.74) is 0. The third-order valence-electron chi connectivity index (χ3n) is 3.21. The lowest BCUT2D eigenvalue weighted by molar-refractivity contribution is 0.120. The fraction of sp³-hybridized carbons (Fsp3) is 0.846. The molecule has 2 rings (SSSR count). The minimum Gasteiger partial charge on any atom is -0.305 e. The Kier molecular flexibility index (Phi) is 5.96. The molecule has 0 aromatic heterocycles. The highest BCUT2D eigenvalue weighted by molar-refractivity contribution is 4.94. The van der Waals surface area contributed by atoms with E-state index in [4.69, 9.17) is 0 Å². The maximum Gasteiger partial charge on any atom is 0.0226 e. The summed E-state index contributed by atoms with van der Waals surface area (Å²) in [4.78, 5) is 5.10. The zero-order valence-electron chi connectivity index (χ0n) is 10.6. The van der Waals surface area contributed by atoms with Crippen molar-refractivity contribution >= 4 is 0 Å². The van der Waals surface area contributed by atoms with Gasteiger partial charge < -0.3 is 4.90 Å². The molecular weight excluding hydrogens is 184 g/mol. The Morgan fingerprint density at radius 3 is 2.53 bits per heavy atom. The molecule has 2 heteroatoms. The summed E-state index contributed by atoms with van der Waals surface area (Å²) in [6.07, 6.45) is 8.65. The van der Waals surface area contributed by atoms with E-state index in [2.05, 4.69) is 29.0 Å². The molecule has 2 nitrogen and oxygen atoms in total. The van der Waals surface area contributed by atoms with Crippen molar-refractivity contribution in [2.45, 2.75) is 39.2 Å². The highest BCUT2D eigenvalue weighted by Crippen LogP contribution is 2.16. The minimum absolute atomic E-state index is 0.823. The van der Waals surface area contributed by atoms with Crippen LogP contribution in [0.5, 0.6) is 0 Å². The molecule has 2 heterocycles. The van der Waals surface area contributed by atoms with Gasteiger partial charge in [-0.15, -0.1) is 0 Å². The topological polar surface area (TPSA) is 6.48 Å². The summed E-state index contributed by atoms with van der Waals surface area (Å²) in [6.45, 7) is 9.02. The number of hydrogen-bond donors (Lipinski definition) is 0. The molecule has 0 saturated carbocycles. The standard InChI is InChI=1S/C11H20N2.C2H6/c1-12-7-5-6-11(10-12)13-8-3-2-4-9-13;1-2/h2-3,11H,4-10H2,1H3;1-2H3. The number of likely N-dealkylation sites (N-methyl/N-ethyl adjacent to an activating group) is 1. The molecule has 0 bridgehead atoms. The fourth-order valence-electron chi connectivity index (χ4n) is 2.43. The van der Waals surface area contributed by atoms with Gasteiger partial charge in [-0.05, 0) is 32.9 Å². The molecule has 15 heavy (non-hydrogen) atoms. The molecule has 1 fully saturated rings. The van der Waals surface area contributed by atoms with Crippen LogP contribution in [0.1, 0.15) is 33.1 Å². The van der Waals surface area contributed by atoms with Crippen LogP contribution < -0.4 is 0 Å². The molecule has 1 atom stereocenters. The second-order valence-corrected chi connectivity index (χ2v) is 4.31. The van der Waals surface area contributed by atoms with Crippen LogP contribution >= 0.6 is 0 Å². The van der Waals surface area contributed by atoms with E-state index in [-0.39, 0.29) is 0 Å². The second kappa shape index (κ2) is 7.02. The van der Waals surface area contributed by atoms with Gasteiger partial charge in [-0.3, -0.25) is 4.90 Å². The van der Waals surface area contributed by atoms with E-state index in [0.29, 0.717) is 0 Å². The smallest absolute Gasteiger partial charge is 0.0226 e. The van der Waals surface area contributed by atoms with Crippen molar-refractivity contribution in [3.63, 3.8) is 0 Å². The molecule has 0 aromatic rings. The van der Waals surface area contributed by atoms with Gasteiger partial charge >= 0.3 is 0 Å². The van der Waals surface area contributed by atoms with Crippen LogP contribution in [0.3, 0.4) is 0 Å². The van der Waals surface area contributed by atoms with Crippen molar-refractivity contribution in [3.05, 3.63) is 12.2 Å². The number of nitrogens with zero attached hydrogens (tertiary/aromatic N) is 2. The molecular formula is C13H26N2. The Bertz CT molecular complexity index is 189. The van der Waals surface area contributed by atoms with Gasteiger partial charge in [-0.2, -0.15) is 0 Å². The van der Waals surface area contributed by atoms with E-state index < -0.39 is 0 Å². The van der Waals surface area contributed by atoms with Gasteiger partial charge in [0.1, 0.15) is 0 Å². The van der Waals surface area contributed by atoms with Gasteiger partial charge in [0.2, 0.25) is 0 Å². The van der Waals surface area contributed by atoms with E-state index in [0.717, 1.165) is 6.04 Å². The van der Waals surface area contributed by atoms with Gasteiger partial charge in [0.05, 0.1) is 0 Å². The Morgan fingerprint density at radius 1 is 1.13 bits per heavy atom. The SMILES string of the molecule is CC.CN1CCCC(N2CC=CCC2)C1. The first-order chi connectivity index (χ1) is 7.36. The summed E-state index contributed by atoms with van der Waals surface area (Å²) >= 11 is 0. The minimum atomic E-state index is 0.823. The van der Waals surface area contributed by atoms with E-state index >= 15 is 0 Å². The van der Waals surface area contributed by atoms with Gasteiger partial charge in [0, 0.05) is 25.7 Å². The lowest BCUT2D eigenvalue weighted by Gasteiger charge is -2.38.